The van der Waals surface area contributed by atoms with E-state index in [0.717, 1.165) is 27.0 Å². The molecule has 0 unspecified atom stereocenters. The lowest BCUT2D eigenvalue weighted by molar-refractivity contribution is 1.05. The summed E-state index contributed by atoms with van der Waals surface area (Å²) in [5.41, 5.74) is 2.25. The maximum Gasteiger partial charge on any atom is 0.151 e. The van der Waals surface area contributed by atoms with Gasteiger partial charge in [-0.2, -0.15) is 0 Å². The normalized spacial score (nSPS) is 10.3. The van der Waals surface area contributed by atoms with Gasteiger partial charge in [0.1, 0.15) is 0 Å². The lowest BCUT2D eigenvalue weighted by Gasteiger charge is -2.17. The summed E-state index contributed by atoms with van der Waals surface area (Å²) in [6.07, 6.45) is 1.80. The summed E-state index contributed by atoms with van der Waals surface area (Å²) in [5, 5.41) is 3.42. The van der Waals surface area contributed by atoms with Crippen molar-refractivity contribution in [3.8, 4) is 0 Å². The minimum atomic E-state index is 0.762. The highest BCUT2D eigenvalue weighted by molar-refractivity contribution is 9.13. The highest BCUT2D eigenvalue weighted by Crippen LogP contribution is 2.25. The Morgan fingerprint density at radius 1 is 1.16 bits per heavy atom. The van der Waals surface area contributed by atoms with Crippen molar-refractivity contribution in [3.05, 3.63) is 51.0 Å². The van der Waals surface area contributed by atoms with Crippen LogP contribution in [0, 0.1) is 0 Å². The second kappa shape index (κ2) is 6.39. The zero-order valence-corrected chi connectivity index (χ0v) is 14.0. The monoisotopic (exact) mass is 383 g/mol. The highest BCUT2D eigenvalue weighted by atomic mass is 79.9. The number of hydrogen-bond acceptors (Lipinski definition) is 3. The summed E-state index contributed by atoms with van der Waals surface area (Å²) >= 11 is 6.99. The second-order valence-corrected chi connectivity index (χ2v) is 6.08. The molecular weight excluding hydrogens is 370 g/mol. The largest absolute Gasteiger partial charge is 0.378 e. The van der Waals surface area contributed by atoms with Crippen LogP contribution in [0.25, 0.3) is 0 Å². The molecular formula is C14H15Br2N3. The molecule has 0 aliphatic heterocycles. The third-order valence-electron chi connectivity index (χ3n) is 2.68. The molecule has 0 aliphatic rings. The molecule has 0 atom stereocenters. The van der Waals surface area contributed by atoms with Crippen LogP contribution in [0.2, 0.25) is 0 Å². The van der Waals surface area contributed by atoms with Crippen LogP contribution in [-0.2, 0) is 6.54 Å². The van der Waals surface area contributed by atoms with Crippen molar-refractivity contribution in [1.29, 1.82) is 0 Å². The summed E-state index contributed by atoms with van der Waals surface area (Å²) in [6.45, 7) is 0.762. The van der Waals surface area contributed by atoms with Gasteiger partial charge in [0.25, 0.3) is 0 Å². The van der Waals surface area contributed by atoms with E-state index < -0.39 is 0 Å². The zero-order chi connectivity index (χ0) is 13.8. The van der Waals surface area contributed by atoms with Gasteiger partial charge < -0.3 is 10.2 Å². The van der Waals surface area contributed by atoms with Crippen molar-refractivity contribution < 1.29 is 0 Å². The van der Waals surface area contributed by atoms with Crippen molar-refractivity contribution in [2.24, 2.45) is 0 Å². The smallest absolute Gasteiger partial charge is 0.151 e. The standard InChI is InChI=1S/C14H15Br2N3/c1-19(2)14-13(4-3-7-17-14)18-9-10-5-6-11(15)12(16)8-10/h3-8,18H,9H2,1-2H3. The average molecular weight is 385 g/mol. The highest BCUT2D eigenvalue weighted by Gasteiger charge is 2.05. The summed E-state index contributed by atoms with van der Waals surface area (Å²) in [6, 6.07) is 10.2. The number of pyridine rings is 1. The van der Waals surface area contributed by atoms with Crippen LogP contribution >= 0.6 is 31.9 Å². The number of nitrogens with one attached hydrogen (secondary N) is 1. The van der Waals surface area contributed by atoms with Crippen LogP contribution in [0.3, 0.4) is 0 Å². The maximum atomic E-state index is 4.37. The van der Waals surface area contributed by atoms with E-state index in [1.54, 1.807) is 6.20 Å². The van der Waals surface area contributed by atoms with Gasteiger partial charge in [0.15, 0.2) is 5.82 Å². The van der Waals surface area contributed by atoms with Gasteiger partial charge >= 0.3 is 0 Å². The predicted molar refractivity (Wildman–Crippen MR) is 87.7 cm³/mol. The molecule has 1 heterocycles. The molecule has 5 heteroatoms. The van der Waals surface area contributed by atoms with E-state index in [-0.39, 0.29) is 0 Å². The van der Waals surface area contributed by atoms with Crippen molar-refractivity contribution in [1.82, 2.24) is 4.98 Å². The van der Waals surface area contributed by atoms with E-state index in [2.05, 4.69) is 54.3 Å². The predicted octanol–water partition coefficient (Wildman–Crippen LogP) is 4.28. The van der Waals surface area contributed by atoms with Gasteiger partial charge in [-0.05, 0) is 61.7 Å². The van der Waals surface area contributed by atoms with Crippen molar-refractivity contribution in [2.45, 2.75) is 6.54 Å². The summed E-state index contributed by atoms with van der Waals surface area (Å²) in [7, 11) is 3.98. The van der Waals surface area contributed by atoms with Crippen LogP contribution in [0.5, 0.6) is 0 Å². The molecule has 1 aromatic heterocycles. The molecule has 0 amide bonds. The molecule has 0 saturated heterocycles. The molecule has 0 bridgehead atoms. The number of hydrogen-bond donors (Lipinski definition) is 1. The molecule has 1 aromatic carbocycles. The van der Waals surface area contributed by atoms with Crippen molar-refractivity contribution >= 4 is 43.4 Å². The molecule has 0 spiro atoms. The van der Waals surface area contributed by atoms with Gasteiger partial charge in [-0.25, -0.2) is 4.98 Å². The molecule has 2 aromatic rings. The van der Waals surface area contributed by atoms with Gasteiger partial charge in [0.2, 0.25) is 0 Å². The zero-order valence-electron chi connectivity index (χ0n) is 10.8. The Morgan fingerprint density at radius 2 is 1.95 bits per heavy atom. The average Bonchev–Trinajstić information content (AvgIpc) is 2.40. The summed E-state index contributed by atoms with van der Waals surface area (Å²) in [4.78, 5) is 6.37. The third kappa shape index (κ3) is 3.70. The van der Waals surface area contributed by atoms with Crippen LogP contribution < -0.4 is 10.2 Å². The van der Waals surface area contributed by atoms with E-state index in [1.807, 2.05) is 37.2 Å². The van der Waals surface area contributed by atoms with Crippen LogP contribution in [0.4, 0.5) is 11.5 Å². The number of aromatic nitrogens is 1. The molecule has 0 saturated carbocycles. The van der Waals surface area contributed by atoms with Gasteiger partial charge in [0.05, 0.1) is 5.69 Å². The minimum absolute atomic E-state index is 0.762. The Morgan fingerprint density at radius 3 is 2.63 bits per heavy atom. The Balaban J connectivity index is 2.12. The first-order valence-electron chi connectivity index (χ1n) is 5.88. The van der Waals surface area contributed by atoms with Crippen molar-refractivity contribution in [2.75, 3.05) is 24.3 Å². The molecule has 2 rings (SSSR count). The van der Waals surface area contributed by atoms with Gasteiger partial charge in [-0.15, -0.1) is 0 Å². The second-order valence-electron chi connectivity index (χ2n) is 4.37. The fourth-order valence-corrected chi connectivity index (χ4v) is 2.41. The van der Waals surface area contributed by atoms with E-state index in [0.29, 0.717) is 0 Å². The molecule has 100 valence electrons. The molecule has 19 heavy (non-hydrogen) atoms. The van der Waals surface area contributed by atoms with Crippen LogP contribution in [-0.4, -0.2) is 19.1 Å². The number of nitrogens with zero attached hydrogens (tertiary/aromatic N) is 2. The third-order valence-corrected chi connectivity index (χ3v) is 4.56. The summed E-state index contributed by atoms with van der Waals surface area (Å²) < 4.78 is 2.12. The van der Waals surface area contributed by atoms with Gasteiger partial charge in [-0.3, -0.25) is 0 Å². The SMILES string of the molecule is CN(C)c1ncccc1NCc1ccc(Br)c(Br)c1. The van der Waals surface area contributed by atoms with Gasteiger partial charge in [-0.1, -0.05) is 6.07 Å². The lowest BCUT2D eigenvalue weighted by atomic mass is 10.2. The van der Waals surface area contributed by atoms with Gasteiger partial charge in [0, 0.05) is 35.8 Å². The van der Waals surface area contributed by atoms with E-state index in [9.17, 15) is 0 Å². The fraction of sp³-hybridized carbons (Fsp3) is 0.214. The molecule has 1 N–H and O–H groups in total. The molecule has 0 fully saturated rings. The number of rotatable bonds is 4. The molecule has 0 aliphatic carbocycles. The van der Waals surface area contributed by atoms with Crippen LogP contribution in [0.15, 0.2) is 45.5 Å². The Kier molecular flexibility index (Phi) is 4.82. The fourth-order valence-electron chi connectivity index (χ4n) is 1.74. The first-order chi connectivity index (χ1) is 9.08. The quantitative estimate of drug-likeness (QED) is 0.852. The van der Waals surface area contributed by atoms with E-state index in [4.69, 9.17) is 0 Å². The summed E-state index contributed by atoms with van der Waals surface area (Å²) in [5.74, 6) is 0.943. The van der Waals surface area contributed by atoms with Crippen LogP contribution in [0.1, 0.15) is 5.56 Å². The number of halogens is 2. The van der Waals surface area contributed by atoms with E-state index in [1.165, 1.54) is 5.56 Å². The Hall–Kier alpha value is -1.07. The first kappa shape index (κ1) is 14.3. The Bertz CT molecular complexity index is 570. The molecule has 0 radical (unpaired) electrons. The lowest BCUT2D eigenvalue weighted by Crippen LogP contribution is -2.13. The maximum absolute atomic E-state index is 4.37. The minimum Gasteiger partial charge on any atom is -0.378 e. The number of benzene rings is 1. The Labute approximate surface area is 130 Å². The van der Waals surface area contributed by atoms with Crippen molar-refractivity contribution in [3.63, 3.8) is 0 Å². The topological polar surface area (TPSA) is 28.2 Å². The molecule has 3 nitrogen and oxygen atoms in total. The van der Waals surface area contributed by atoms with E-state index >= 15 is 0 Å². The number of anilines is 2. The first-order valence-corrected chi connectivity index (χ1v) is 7.46.